The number of hydrogen-bond donors (Lipinski definition) is 1. The molecule has 1 saturated heterocycles. The molecule has 1 aliphatic heterocycles. The molecule has 0 aromatic carbocycles. The molecular weight excluding hydrogens is 202 g/mol. The van der Waals surface area contributed by atoms with Crippen molar-refractivity contribution in [2.24, 2.45) is 5.73 Å². The molecule has 0 radical (unpaired) electrons. The molecule has 2 atom stereocenters. The van der Waals surface area contributed by atoms with Crippen LogP contribution in [0.4, 0.5) is 5.82 Å². The van der Waals surface area contributed by atoms with Crippen molar-refractivity contribution in [3.05, 3.63) is 23.9 Å². The summed E-state index contributed by atoms with van der Waals surface area (Å²) < 4.78 is 5.62. The minimum absolute atomic E-state index is 0.0632. The van der Waals surface area contributed by atoms with Gasteiger partial charge in [0.15, 0.2) is 0 Å². The molecule has 4 heteroatoms. The van der Waals surface area contributed by atoms with Crippen LogP contribution in [0.2, 0.25) is 0 Å². The van der Waals surface area contributed by atoms with Crippen molar-refractivity contribution in [1.29, 1.82) is 0 Å². The predicted molar refractivity (Wildman–Crippen MR) is 64.6 cm³/mol. The highest BCUT2D eigenvalue weighted by atomic mass is 16.5. The van der Waals surface area contributed by atoms with Crippen LogP contribution < -0.4 is 10.6 Å². The van der Waals surface area contributed by atoms with Crippen LogP contribution in [0.15, 0.2) is 18.3 Å². The van der Waals surface area contributed by atoms with Crippen LogP contribution in [0.1, 0.15) is 12.5 Å². The van der Waals surface area contributed by atoms with Gasteiger partial charge in [0.05, 0.1) is 12.7 Å². The Morgan fingerprint density at radius 3 is 3.00 bits per heavy atom. The largest absolute Gasteiger partial charge is 0.373 e. The average molecular weight is 221 g/mol. The molecule has 1 aliphatic rings. The standard InChI is InChI=1S/C12H19N3O/c1-9-3-4-12(14-7-9)15-5-6-16-11(8-15)10(2)13/h3-4,7,10-11H,5-6,8,13H2,1-2H3. The Bertz CT molecular complexity index is 337. The van der Waals surface area contributed by atoms with E-state index < -0.39 is 0 Å². The summed E-state index contributed by atoms with van der Waals surface area (Å²) in [4.78, 5) is 6.66. The van der Waals surface area contributed by atoms with Crippen molar-refractivity contribution < 1.29 is 4.74 Å². The van der Waals surface area contributed by atoms with Gasteiger partial charge in [-0.15, -0.1) is 0 Å². The summed E-state index contributed by atoms with van der Waals surface area (Å²) in [5.74, 6) is 1.01. The molecule has 0 aliphatic carbocycles. The number of aromatic nitrogens is 1. The first-order valence-electron chi connectivity index (χ1n) is 5.71. The van der Waals surface area contributed by atoms with E-state index in [1.165, 1.54) is 5.56 Å². The van der Waals surface area contributed by atoms with Crippen molar-refractivity contribution in [3.63, 3.8) is 0 Å². The summed E-state index contributed by atoms with van der Waals surface area (Å²) in [7, 11) is 0. The molecule has 16 heavy (non-hydrogen) atoms. The van der Waals surface area contributed by atoms with E-state index in [1.54, 1.807) is 0 Å². The number of nitrogens with zero attached hydrogens (tertiary/aromatic N) is 2. The van der Waals surface area contributed by atoms with Gasteiger partial charge in [-0.05, 0) is 25.5 Å². The van der Waals surface area contributed by atoms with E-state index in [0.717, 1.165) is 25.5 Å². The van der Waals surface area contributed by atoms with Gasteiger partial charge in [-0.1, -0.05) is 6.07 Å². The van der Waals surface area contributed by atoms with Crippen LogP contribution in [0.3, 0.4) is 0 Å². The monoisotopic (exact) mass is 221 g/mol. The van der Waals surface area contributed by atoms with E-state index in [9.17, 15) is 0 Å². The van der Waals surface area contributed by atoms with E-state index in [4.69, 9.17) is 10.5 Å². The number of aryl methyl sites for hydroxylation is 1. The zero-order valence-electron chi connectivity index (χ0n) is 9.89. The number of anilines is 1. The topological polar surface area (TPSA) is 51.4 Å². The second-order valence-electron chi connectivity index (χ2n) is 4.41. The quantitative estimate of drug-likeness (QED) is 0.807. The molecule has 1 aromatic heterocycles. The van der Waals surface area contributed by atoms with E-state index in [0.29, 0.717) is 0 Å². The van der Waals surface area contributed by atoms with E-state index >= 15 is 0 Å². The number of rotatable bonds is 2. The van der Waals surface area contributed by atoms with Crippen LogP contribution in [0.25, 0.3) is 0 Å². The van der Waals surface area contributed by atoms with Crippen molar-refractivity contribution >= 4 is 5.82 Å². The summed E-state index contributed by atoms with van der Waals surface area (Å²) in [5, 5.41) is 0. The van der Waals surface area contributed by atoms with Crippen molar-refractivity contribution in [2.45, 2.75) is 26.0 Å². The molecule has 1 fully saturated rings. The van der Waals surface area contributed by atoms with Gasteiger partial charge in [0.1, 0.15) is 5.82 Å². The number of ether oxygens (including phenoxy) is 1. The summed E-state index contributed by atoms with van der Waals surface area (Å²) >= 11 is 0. The van der Waals surface area contributed by atoms with Crippen molar-refractivity contribution in [1.82, 2.24) is 4.98 Å². The summed E-state index contributed by atoms with van der Waals surface area (Å²) in [6.07, 6.45) is 2.00. The fraction of sp³-hybridized carbons (Fsp3) is 0.583. The lowest BCUT2D eigenvalue weighted by atomic mass is 10.1. The first-order valence-corrected chi connectivity index (χ1v) is 5.71. The normalized spacial score (nSPS) is 23.2. The first kappa shape index (κ1) is 11.4. The fourth-order valence-corrected chi connectivity index (χ4v) is 1.85. The van der Waals surface area contributed by atoms with E-state index in [-0.39, 0.29) is 12.1 Å². The molecule has 0 spiro atoms. The Morgan fingerprint density at radius 2 is 2.38 bits per heavy atom. The van der Waals surface area contributed by atoms with Gasteiger partial charge in [-0.25, -0.2) is 4.98 Å². The molecule has 2 N–H and O–H groups in total. The van der Waals surface area contributed by atoms with E-state index in [1.807, 2.05) is 20.0 Å². The predicted octanol–water partition coefficient (Wildman–Crippen LogP) is 0.942. The Morgan fingerprint density at radius 1 is 1.56 bits per heavy atom. The fourth-order valence-electron chi connectivity index (χ4n) is 1.85. The molecule has 0 saturated carbocycles. The van der Waals surface area contributed by atoms with Crippen LogP contribution in [-0.2, 0) is 4.74 Å². The Labute approximate surface area is 96.4 Å². The third-order valence-corrected chi connectivity index (χ3v) is 2.90. The zero-order chi connectivity index (χ0) is 11.5. The highest BCUT2D eigenvalue weighted by Gasteiger charge is 2.23. The van der Waals surface area contributed by atoms with Gasteiger partial charge in [0.25, 0.3) is 0 Å². The second-order valence-corrected chi connectivity index (χ2v) is 4.41. The van der Waals surface area contributed by atoms with Crippen molar-refractivity contribution in [2.75, 3.05) is 24.6 Å². The molecule has 88 valence electrons. The third-order valence-electron chi connectivity index (χ3n) is 2.90. The number of nitrogens with two attached hydrogens (primary N) is 1. The van der Waals surface area contributed by atoms with Gasteiger partial charge < -0.3 is 15.4 Å². The third kappa shape index (κ3) is 2.51. The molecule has 0 bridgehead atoms. The maximum absolute atomic E-state index is 5.86. The molecule has 4 nitrogen and oxygen atoms in total. The van der Waals surface area contributed by atoms with Gasteiger partial charge in [-0.2, -0.15) is 0 Å². The molecule has 1 aromatic rings. The Hall–Kier alpha value is -1.13. The summed E-state index contributed by atoms with van der Waals surface area (Å²) in [6.45, 7) is 6.46. The lowest BCUT2D eigenvalue weighted by Crippen LogP contribution is -2.49. The average Bonchev–Trinajstić information content (AvgIpc) is 2.30. The number of hydrogen-bond acceptors (Lipinski definition) is 4. The highest BCUT2D eigenvalue weighted by Crippen LogP contribution is 2.16. The minimum Gasteiger partial charge on any atom is -0.373 e. The van der Waals surface area contributed by atoms with Crippen LogP contribution in [0.5, 0.6) is 0 Å². The lowest BCUT2D eigenvalue weighted by molar-refractivity contribution is 0.0273. The lowest BCUT2D eigenvalue weighted by Gasteiger charge is -2.35. The molecule has 0 amide bonds. The molecule has 2 unspecified atom stereocenters. The van der Waals surface area contributed by atoms with Crippen LogP contribution in [-0.4, -0.2) is 36.8 Å². The second kappa shape index (κ2) is 4.80. The van der Waals surface area contributed by atoms with Crippen LogP contribution in [0, 0.1) is 6.92 Å². The minimum atomic E-state index is 0.0632. The number of morpholine rings is 1. The van der Waals surface area contributed by atoms with Crippen molar-refractivity contribution in [3.8, 4) is 0 Å². The van der Waals surface area contributed by atoms with Crippen LogP contribution >= 0.6 is 0 Å². The molecular formula is C12H19N3O. The van der Waals surface area contributed by atoms with Gasteiger partial charge in [0, 0.05) is 25.3 Å². The number of pyridine rings is 1. The zero-order valence-corrected chi connectivity index (χ0v) is 9.89. The first-order chi connectivity index (χ1) is 7.66. The SMILES string of the molecule is Cc1ccc(N2CCOC(C(C)N)C2)nc1. The van der Waals surface area contributed by atoms with Gasteiger partial charge in [-0.3, -0.25) is 0 Å². The van der Waals surface area contributed by atoms with Gasteiger partial charge >= 0.3 is 0 Å². The van der Waals surface area contributed by atoms with E-state index in [2.05, 4.69) is 22.0 Å². The van der Waals surface area contributed by atoms with Gasteiger partial charge in [0.2, 0.25) is 0 Å². The maximum atomic E-state index is 5.86. The Balaban J connectivity index is 2.06. The smallest absolute Gasteiger partial charge is 0.128 e. The summed E-state index contributed by atoms with van der Waals surface area (Å²) in [5.41, 5.74) is 7.04. The highest BCUT2D eigenvalue weighted by molar-refractivity contribution is 5.39. The molecule has 2 heterocycles. The molecule has 2 rings (SSSR count). The Kier molecular flexibility index (Phi) is 3.41. The summed E-state index contributed by atoms with van der Waals surface area (Å²) in [6, 6.07) is 4.20. The maximum Gasteiger partial charge on any atom is 0.128 e.